The predicted molar refractivity (Wildman–Crippen MR) is 73.6 cm³/mol. The molecule has 0 aromatic carbocycles. The molecule has 0 bridgehead atoms. The molecule has 0 unspecified atom stereocenters. The van der Waals surface area contributed by atoms with Crippen LogP contribution in [0, 0.1) is 6.92 Å². The minimum absolute atomic E-state index is 0.548. The summed E-state index contributed by atoms with van der Waals surface area (Å²) in [7, 11) is 2.22. The Bertz CT molecular complexity index is 331. The van der Waals surface area contributed by atoms with Crippen LogP contribution in [0.15, 0.2) is 11.4 Å². The van der Waals surface area contributed by atoms with Crippen LogP contribution in [0.25, 0.3) is 0 Å². The van der Waals surface area contributed by atoms with Gasteiger partial charge in [-0.15, -0.1) is 11.3 Å². The van der Waals surface area contributed by atoms with Crippen molar-refractivity contribution in [2.45, 2.75) is 45.3 Å². The molecule has 0 radical (unpaired) electrons. The highest BCUT2D eigenvalue weighted by atomic mass is 32.1. The van der Waals surface area contributed by atoms with Crippen molar-refractivity contribution in [3.05, 3.63) is 21.9 Å². The molecule has 0 N–H and O–H groups in total. The van der Waals surface area contributed by atoms with E-state index in [4.69, 9.17) is 4.74 Å². The van der Waals surface area contributed by atoms with E-state index in [9.17, 15) is 0 Å². The largest absolute Gasteiger partial charge is 0.378 e. The fourth-order valence-electron chi connectivity index (χ4n) is 2.35. The Balaban J connectivity index is 1.63. The summed E-state index contributed by atoms with van der Waals surface area (Å²) in [6.45, 7) is 5.45. The van der Waals surface area contributed by atoms with E-state index in [1.54, 1.807) is 0 Å². The first kappa shape index (κ1) is 13.1. The molecular weight excluding hydrogens is 230 g/mol. The zero-order chi connectivity index (χ0) is 12.1. The maximum atomic E-state index is 5.64. The van der Waals surface area contributed by atoms with E-state index in [1.807, 2.05) is 11.3 Å². The SMILES string of the molecule is Cc1ccsc1CN(C)CCC[C@H]1CCCO1. The van der Waals surface area contributed by atoms with E-state index >= 15 is 0 Å². The number of rotatable bonds is 6. The summed E-state index contributed by atoms with van der Waals surface area (Å²) in [4.78, 5) is 3.93. The molecule has 1 aliphatic rings. The van der Waals surface area contributed by atoms with Crippen LogP contribution in [0.1, 0.15) is 36.1 Å². The molecule has 1 aromatic heterocycles. The van der Waals surface area contributed by atoms with Crippen LogP contribution in [0.3, 0.4) is 0 Å². The first-order chi connectivity index (χ1) is 8.25. The summed E-state index contributed by atoms with van der Waals surface area (Å²) in [6.07, 6.45) is 5.56. The monoisotopic (exact) mass is 253 g/mol. The Morgan fingerprint density at radius 1 is 1.53 bits per heavy atom. The zero-order valence-corrected chi connectivity index (χ0v) is 11.8. The van der Waals surface area contributed by atoms with Crippen LogP contribution in [-0.4, -0.2) is 31.2 Å². The topological polar surface area (TPSA) is 12.5 Å². The second kappa shape index (κ2) is 6.53. The Kier molecular flexibility index (Phi) is 5.01. The molecule has 96 valence electrons. The standard InChI is InChI=1S/C14H23NOS/c1-12-7-10-17-14(12)11-15(2)8-3-5-13-6-4-9-16-13/h7,10,13H,3-6,8-9,11H2,1-2H3/t13-/m0/s1. The molecule has 1 aliphatic heterocycles. The van der Waals surface area contributed by atoms with Gasteiger partial charge in [0.25, 0.3) is 0 Å². The van der Waals surface area contributed by atoms with Gasteiger partial charge >= 0.3 is 0 Å². The van der Waals surface area contributed by atoms with Gasteiger partial charge in [0.1, 0.15) is 0 Å². The first-order valence-electron chi connectivity index (χ1n) is 6.59. The van der Waals surface area contributed by atoms with Gasteiger partial charge in [-0.2, -0.15) is 0 Å². The van der Waals surface area contributed by atoms with Gasteiger partial charge in [-0.25, -0.2) is 0 Å². The summed E-state index contributed by atoms with van der Waals surface area (Å²) >= 11 is 1.87. The smallest absolute Gasteiger partial charge is 0.0576 e. The molecule has 0 saturated carbocycles. The molecule has 3 heteroatoms. The highest BCUT2D eigenvalue weighted by Gasteiger charge is 2.15. The van der Waals surface area contributed by atoms with Gasteiger partial charge in [-0.05, 0) is 63.2 Å². The molecule has 17 heavy (non-hydrogen) atoms. The molecule has 1 aromatic rings. The maximum Gasteiger partial charge on any atom is 0.0576 e. The molecule has 1 saturated heterocycles. The van der Waals surface area contributed by atoms with Gasteiger partial charge in [-0.3, -0.25) is 0 Å². The highest BCUT2D eigenvalue weighted by Crippen LogP contribution is 2.19. The van der Waals surface area contributed by atoms with Crippen molar-refractivity contribution >= 4 is 11.3 Å². The van der Waals surface area contributed by atoms with Crippen LogP contribution in [-0.2, 0) is 11.3 Å². The van der Waals surface area contributed by atoms with Crippen LogP contribution < -0.4 is 0 Å². The zero-order valence-electron chi connectivity index (χ0n) is 10.9. The predicted octanol–water partition coefficient (Wildman–Crippen LogP) is 3.45. The van der Waals surface area contributed by atoms with Crippen molar-refractivity contribution in [1.82, 2.24) is 4.90 Å². The molecule has 1 fully saturated rings. The average Bonchev–Trinajstić information content (AvgIpc) is 2.92. The van der Waals surface area contributed by atoms with Crippen molar-refractivity contribution in [3.63, 3.8) is 0 Å². The fourth-order valence-corrected chi connectivity index (χ4v) is 3.34. The van der Waals surface area contributed by atoms with Gasteiger partial charge in [0, 0.05) is 18.0 Å². The van der Waals surface area contributed by atoms with E-state index in [0.29, 0.717) is 6.10 Å². The lowest BCUT2D eigenvalue weighted by Crippen LogP contribution is -2.20. The first-order valence-corrected chi connectivity index (χ1v) is 7.47. The normalized spacial score (nSPS) is 20.3. The lowest BCUT2D eigenvalue weighted by atomic mass is 10.1. The van der Waals surface area contributed by atoms with Crippen molar-refractivity contribution in [2.24, 2.45) is 0 Å². The van der Waals surface area contributed by atoms with E-state index in [0.717, 1.165) is 13.2 Å². The number of ether oxygens (including phenoxy) is 1. The molecule has 0 amide bonds. The number of thiophene rings is 1. The third-order valence-electron chi connectivity index (χ3n) is 3.47. The van der Waals surface area contributed by atoms with E-state index in [1.165, 1.54) is 42.7 Å². The number of hydrogen-bond acceptors (Lipinski definition) is 3. The minimum atomic E-state index is 0.548. The number of nitrogens with zero attached hydrogens (tertiary/aromatic N) is 1. The van der Waals surface area contributed by atoms with Crippen LogP contribution in [0.4, 0.5) is 0 Å². The Labute approximate surface area is 109 Å². The molecular formula is C14H23NOS. The summed E-state index contributed by atoms with van der Waals surface area (Å²) in [5, 5.41) is 2.19. The fraction of sp³-hybridized carbons (Fsp3) is 0.714. The average molecular weight is 253 g/mol. The Morgan fingerprint density at radius 3 is 3.06 bits per heavy atom. The summed E-state index contributed by atoms with van der Waals surface area (Å²) in [5.41, 5.74) is 1.43. The van der Waals surface area contributed by atoms with Gasteiger partial charge in [-0.1, -0.05) is 0 Å². The Hall–Kier alpha value is -0.380. The molecule has 2 rings (SSSR count). The van der Waals surface area contributed by atoms with Crippen molar-refractivity contribution in [2.75, 3.05) is 20.2 Å². The lowest BCUT2D eigenvalue weighted by molar-refractivity contribution is 0.0995. The molecule has 2 nitrogen and oxygen atoms in total. The second-order valence-electron chi connectivity index (χ2n) is 5.04. The number of hydrogen-bond donors (Lipinski definition) is 0. The molecule has 0 spiro atoms. The quantitative estimate of drug-likeness (QED) is 0.770. The highest BCUT2D eigenvalue weighted by molar-refractivity contribution is 7.10. The lowest BCUT2D eigenvalue weighted by Gasteiger charge is -2.17. The third kappa shape index (κ3) is 4.09. The van der Waals surface area contributed by atoms with Gasteiger partial charge < -0.3 is 9.64 Å². The maximum absolute atomic E-state index is 5.64. The van der Waals surface area contributed by atoms with Gasteiger partial charge in [0.05, 0.1) is 6.10 Å². The summed E-state index contributed by atoms with van der Waals surface area (Å²) in [6, 6.07) is 2.21. The van der Waals surface area contributed by atoms with Crippen LogP contribution in [0.2, 0.25) is 0 Å². The summed E-state index contributed by atoms with van der Waals surface area (Å²) in [5.74, 6) is 0. The molecule has 0 aliphatic carbocycles. The second-order valence-corrected chi connectivity index (χ2v) is 6.04. The molecule has 2 heterocycles. The van der Waals surface area contributed by atoms with E-state index < -0.39 is 0 Å². The van der Waals surface area contributed by atoms with Crippen LogP contribution >= 0.6 is 11.3 Å². The summed E-state index contributed by atoms with van der Waals surface area (Å²) < 4.78 is 5.64. The molecule has 1 atom stereocenters. The van der Waals surface area contributed by atoms with Gasteiger partial charge in [0.2, 0.25) is 0 Å². The van der Waals surface area contributed by atoms with E-state index in [-0.39, 0.29) is 0 Å². The van der Waals surface area contributed by atoms with Gasteiger partial charge in [0.15, 0.2) is 0 Å². The van der Waals surface area contributed by atoms with Crippen LogP contribution in [0.5, 0.6) is 0 Å². The minimum Gasteiger partial charge on any atom is -0.378 e. The van der Waals surface area contributed by atoms with Crippen molar-refractivity contribution in [3.8, 4) is 0 Å². The Morgan fingerprint density at radius 2 is 2.41 bits per heavy atom. The number of aryl methyl sites for hydroxylation is 1. The van der Waals surface area contributed by atoms with Crippen molar-refractivity contribution < 1.29 is 4.74 Å². The van der Waals surface area contributed by atoms with E-state index in [2.05, 4.69) is 30.3 Å². The third-order valence-corrected chi connectivity index (χ3v) is 4.48. The van der Waals surface area contributed by atoms with Crippen molar-refractivity contribution in [1.29, 1.82) is 0 Å².